The number of hydrogen-bond acceptors (Lipinski definition) is 4. The van der Waals surface area contributed by atoms with E-state index in [0.717, 1.165) is 25.2 Å². The number of carbonyl (C=O) groups is 1. The minimum absolute atomic E-state index is 0.0588. The molecule has 0 aromatic heterocycles. The monoisotopic (exact) mass is 584 g/mol. The van der Waals surface area contributed by atoms with E-state index in [4.69, 9.17) is 13.9 Å². The van der Waals surface area contributed by atoms with Crippen molar-refractivity contribution in [3.63, 3.8) is 0 Å². The molecule has 0 radical (unpaired) electrons. The molecule has 0 aromatic rings. The SMILES string of the molecule is CC[Si](CC)(CC)OC(C)(C)[C@@H](C)C=C[C@@H](C)[C@H]1CC[C@H]2C3=CC=C4CC(OC(=O)OC)CC[C@]4(C)[C@H]3CC[C@]12C. The topological polar surface area (TPSA) is 44.8 Å². The maximum atomic E-state index is 11.7. The lowest BCUT2D eigenvalue weighted by atomic mass is 9.50. The molecule has 8 atom stereocenters. The Morgan fingerprint density at radius 2 is 1.68 bits per heavy atom. The van der Waals surface area contributed by atoms with Crippen LogP contribution in [0.2, 0.25) is 18.1 Å². The van der Waals surface area contributed by atoms with Gasteiger partial charge in [-0.1, -0.05) is 83.9 Å². The number of carbonyl (C=O) groups excluding carboxylic acids is 1. The molecule has 41 heavy (non-hydrogen) atoms. The van der Waals surface area contributed by atoms with Crippen molar-refractivity contribution in [3.8, 4) is 0 Å². The lowest BCUT2D eigenvalue weighted by Gasteiger charge is -2.55. The highest BCUT2D eigenvalue weighted by atomic mass is 28.4. The van der Waals surface area contributed by atoms with Crippen molar-refractivity contribution in [2.75, 3.05) is 7.11 Å². The number of hydrogen-bond donors (Lipinski definition) is 0. The molecule has 4 aliphatic rings. The van der Waals surface area contributed by atoms with Gasteiger partial charge in [0.1, 0.15) is 6.10 Å². The minimum atomic E-state index is -1.65. The van der Waals surface area contributed by atoms with Crippen LogP contribution in [-0.2, 0) is 13.9 Å². The molecule has 1 unspecified atom stereocenters. The Bertz CT molecular complexity index is 1030. The van der Waals surface area contributed by atoms with Crippen LogP contribution in [0.5, 0.6) is 0 Å². The van der Waals surface area contributed by atoms with Crippen LogP contribution >= 0.6 is 0 Å². The molecule has 0 saturated heterocycles. The summed E-state index contributed by atoms with van der Waals surface area (Å²) in [4.78, 5) is 11.7. The summed E-state index contributed by atoms with van der Waals surface area (Å²) in [5.41, 5.74) is 3.63. The molecule has 0 aromatic carbocycles. The average Bonchev–Trinajstić information content (AvgIpc) is 3.31. The Morgan fingerprint density at radius 3 is 2.32 bits per heavy atom. The molecule has 0 aliphatic heterocycles. The van der Waals surface area contributed by atoms with Crippen molar-refractivity contribution in [1.29, 1.82) is 0 Å². The molecular weight excluding hydrogens is 524 g/mol. The Kier molecular flexibility index (Phi) is 9.81. The molecule has 3 saturated carbocycles. The highest BCUT2D eigenvalue weighted by molar-refractivity contribution is 6.73. The van der Waals surface area contributed by atoms with Gasteiger partial charge in [0.15, 0.2) is 8.32 Å². The first-order chi connectivity index (χ1) is 19.3. The van der Waals surface area contributed by atoms with E-state index >= 15 is 0 Å². The molecule has 3 fully saturated rings. The quantitative estimate of drug-likeness (QED) is 0.146. The van der Waals surface area contributed by atoms with Crippen LogP contribution in [0.1, 0.15) is 107 Å². The van der Waals surface area contributed by atoms with E-state index in [9.17, 15) is 4.79 Å². The summed E-state index contributed by atoms with van der Waals surface area (Å²) in [6.07, 6.45) is 17.4. The fourth-order valence-corrected chi connectivity index (χ4v) is 12.7. The molecule has 0 amide bonds. The summed E-state index contributed by atoms with van der Waals surface area (Å²) >= 11 is 0. The first kappa shape index (κ1) is 32.6. The molecule has 0 bridgehead atoms. The predicted octanol–water partition coefficient (Wildman–Crippen LogP) is 10.3. The summed E-state index contributed by atoms with van der Waals surface area (Å²) in [7, 11) is -0.262. The minimum Gasteiger partial charge on any atom is -0.438 e. The van der Waals surface area contributed by atoms with Crippen molar-refractivity contribution in [2.45, 2.75) is 137 Å². The number of ether oxygens (including phenoxy) is 2. The van der Waals surface area contributed by atoms with Gasteiger partial charge in [0.2, 0.25) is 0 Å². The van der Waals surface area contributed by atoms with Gasteiger partial charge >= 0.3 is 6.16 Å². The van der Waals surface area contributed by atoms with Gasteiger partial charge in [0.05, 0.1) is 12.7 Å². The van der Waals surface area contributed by atoms with Crippen LogP contribution in [-0.4, -0.2) is 33.3 Å². The molecule has 4 nitrogen and oxygen atoms in total. The first-order valence-electron chi connectivity index (χ1n) is 16.8. The molecule has 4 rings (SSSR count). The second-order valence-electron chi connectivity index (χ2n) is 15.0. The van der Waals surface area contributed by atoms with Gasteiger partial charge in [-0.15, -0.1) is 0 Å². The van der Waals surface area contributed by atoms with Gasteiger partial charge in [-0.3, -0.25) is 0 Å². The van der Waals surface area contributed by atoms with Crippen LogP contribution in [0.3, 0.4) is 0 Å². The summed E-state index contributed by atoms with van der Waals surface area (Å²) in [6.45, 7) is 21.5. The van der Waals surface area contributed by atoms with E-state index in [-0.39, 0.29) is 17.1 Å². The van der Waals surface area contributed by atoms with E-state index in [0.29, 0.717) is 29.1 Å². The van der Waals surface area contributed by atoms with Gasteiger partial charge in [-0.2, -0.15) is 0 Å². The highest BCUT2D eigenvalue weighted by Crippen LogP contribution is 2.66. The van der Waals surface area contributed by atoms with Crippen LogP contribution in [0.4, 0.5) is 4.79 Å². The summed E-state index contributed by atoms with van der Waals surface area (Å²) < 4.78 is 17.3. The van der Waals surface area contributed by atoms with E-state index in [1.165, 1.54) is 56.5 Å². The van der Waals surface area contributed by atoms with E-state index in [2.05, 4.69) is 86.6 Å². The molecule has 5 heteroatoms. The van der Waals surface area contributed by atoms with Gasteiger partial charge in [0, 0.05) is 12.3 Å². The zero-order valence-corrected chi connectivity index (χ0v) is 29.0. The van der Waals surface area contributed by atoms with Crippen molar-refractivity contribution >= 4 is 14.5 Å². The summed E-state index contributed by atoms with van der Waals surface area (Å²) in [5, 5.41) is 0. The summed E-state index contributed by atoms with van der Waals surface area (Å²) in [6, 6.07) is 3.60. The van der Waals surface area contributed by atoms with Crippen LogP contribution in [0, 0.1) is 40.4 Å². The van der Waals surface area contributed by atoms with Crippen LogP contribution in [0.15, 0.2) is 35.5 Å². The number of methoxy groups -OCH3 is 1. The standard InChI is InChI=1S/C36H60O4Si/c1-11-41(12-2,13-3)40-34(6,7)26(5)15-14-25(4)30-18-19-31-29-17-16-27-24-28(39-33(37)38-10)20-22-35(27,8)32(29)21-23-36(30,31)9/h14-17,25-26,28,30-32H,11-13,18-24H2,1-10H3/t25-,26+,28?,30-,31+,32+,35+,36-/m1/s1. The van der Waals surface area contributed by atoms with Gasteiger partial charge in [-0.05, 0) is 105 Å². The van der Waals surface area contributed by atoms with Gasteiger partial charge in [-0.25, -0.2) is 4.79 Å². The number of fused-ring (bicyclic) bond motifs is 5. The number of rotatable bonds is 10. The molecule has 0 heterocycles. The maximum Gasteiger partial charge on any atom is 0.508 e. The number of allylic oxidation sites excluding steroid dienone is 4. The molecule has 0 spiro atoms. The highest BCUT2D eigenvalue weighted by Gasteiger charge is 2.57. The Balaban J connectivity index is 1.47. The largest absolute Gasteiger partial charge is 0.508 e. The molecule has 4 aliphatic carbocycles. The molecule has 0 N–H and O–H groups in total. The maximum absolute atomic E-state index is 11.7. The fraction of sp³-hybridized carbons (Fsp3) is 0.806. The van der Waals surface area contributed by atoms with Crippen molar-refractivity contribution in [2.24, 2.45) is 40.4 Å². The van der Waals surface area contributed by atoms with E-state index in [1.807, 2.05) is 0 Å². The molecule has 232 valence electrons. The smallest absolute Gasteiger partial charge is 0.438 e. The lowest BCUT2D eigenvalue weighted by Crippen LogP contribution is -2.47. The summed E-state index contributed by atoms with van der Waals surface area (Å²) in [5.74, 6) is 3.00. The Hall–Kier alpha value is -1.33. The normalized spacial score (nSPS) is 35.1. The van der Waals surface area contributed by atoms with Crippen molar-refractivity contribution in [1.82, 2.24) is 0 Å². The van der Waals surface area contributed by atoms with Gasteiger partial charge in [0.25, 0.3) is 0 Å². The predicted molar refractivity (Wildman–Crippen MR) is 172 cm³/mol. The third kappa shape index (κ3) is 6.05. The Labute approximate surface area is 252 Å². The second kappa shape index (κ2) is 12.3. The zero-order valence-electron chi connectivity index (χ0n) is 28.0. The Morgan fingerprint density at radius 1 is 1.00 bits per heavy atom. The zero-order chi connectivity index (χ0) is 30.2. The second-order valence-corrected chi connectivity index (χ2v) is 19.7. The van der Waals surface area contributed by atoms with Crippen molar-refractivity contribution in [3.05, 3.63) is 35.5 Å². The molecular formula is C36H60O4Si. The average molecular weight is 585 g/mol. The van der Waals surface area contributed by atoms with Gasteiger partial charge < -0.3 is 13.9 Å². The third-order valence-electron chi connectivity index (χ3n) is 12.9. The van der Waals surface area contributed by atoms with Crippen LogP contribution < -0.4 is 0 Å². The first-order valence-corrected chi connectivity index (χ1v) is 19.4. The third-order valence-corrected chi connectivity index (χ3v) is 17.7. The van der Waals surface area contributed by atoms with Crippen molar-refractivity contribution < 1.29 is 18.7 Å². The lowest BCUT2D eigenvalue weighted by molar-refractivity contribution is 0.00455. The van der Waals surface area contributed by atoms with E-state index < -0.39 is 14.5 Å². The van der Waals surface area contributed by atoms with E-state index in [1.54, 1.807) is 5.57 Å². The van der Waals surface area contributed by atoms with Crippen LogP contribution in [0.25, 0.3) is 0 Å². The fourth-order valence-electron chi connectivity index (χ4n) is 9.48.